The quantitative estimate of drug-likeness (QED) is 0.454. The van der Waals surface area contributed by atoms with Crippen LogP contribution in [0.3, 0.4) is 0 Å². The number of hydrogen-bond acceptors (Lipinski definition) is 4. The highest BCUT2D eigenvalue weighted by Gasteiger charge is 2.28. The van der Waals surface area contributed by atoms with E-state index in [9.17, 15) is 13.2 Å². The third-order valence-electron chi connectivity index (χ3n) is 5.45. The lowest BCUT2D eigenvalue weighted by Gasteiger charge is -2.25. The van der Waals surface area contributed by atoms with E-state index in [4.69, 9.17) is 16.3 Å². The molecule has 6 nitrogen and oxygen atoms in total. The molecule has 176 valence electrons. The van der Waals surface area contributed by atoms with Gasteiger partial charge < -0.3 is 10.1 Å². The highest BCUT2D eigenvalue weighted by atomic mass is 35.5. The Bertz CT molecular complexity index is 994. The van der Waals surface area contributed by atoms with Crippen LogP contribution in [0.15, 0.2) is 47.4 Å². The topological polar surface area (TPSA) is 75.7 Å². The predicted molar refractivity (Wildman–Crippen MR) is 130 cm³/mol. The monoisotopic (exact) mass is 480 g/mol. The lowest BCUT2D eigenvalue weighted by atomic mass is 9.99. The summed E-state index contributed by atoms with van der Waals surface area (Å²) < 4.78 is 33.2. The van der Waals surface area contributed by atoms with Crippen LogP contribution in [-0.4, -0.2) is 34.5 Å². The van der Waals surface area contributed by atoms with Gasteiger partial charge in [0.1, 0.15) is 12.3 Å². The number of carbonyl (C=O) groups is 1. The van der Waals surface area contributed by atoms with Crippen LogP contribution in [0.4, 0.5) is 5.69 Å². The Morgan fingerprint density at radius 1 is 1.16 bits per heavy atom. The summed E-state index contributed by atoms with van der Waals surface area (Å²) in [6, 6.07) is 11.2. The Morgan fingerprint density at radius 3 is 2.41 bits per heavy atom. The SMILES string of the molecule is CCCC[C@H](CC)CNC(=O)CN(c1ccc(OC)c(Cl)c1)S(=O)(=O)c1ccc(C)cc1. The zero-order valence-electron chi connectivity index (χ0n) is 19.2. The number of anilines is 1. The molecule has 0 aliphatic carbocycles. The second-order valence-electron chi connectivity index (χ2n) is 7.86. The van der Waals surface area contributed by atoms with Gasteiger partial charge in [0.25, 0.3) is 10.0 Å². The van der Waals surface area contributed by atoms with Gasteiger partial charge in [-0.1, -0.05) is 62.4 Å². The standard InChI is InChI=1S/C24H33ClN2O4S/c1-5-7-8-19(6-2)16-26-24(28)17-27(20-11-14-23(31-4)22(25)15-20)32(29,30)21-12-9-18(3)10-13-21/h9-15,19H,5-8,16-17H2,1-4H3,(H,26,28)/t19-/m0/s1. The number of benzene rings is 2. The van der Waals surface area contributed by atoms with Gasteiger partial charge in [0, 0.05) is 6.54 Å². The molecule has 1 amide bonds. The first kappa shape index (κ1) is 26.0. The number of aryl methyl sites for hydroxylation is 1. The molecule has 1 N–H and O–H groups in total. The molecule has 0 aliphatic heterocycles. The molecule has 0 fully saturated rings. The van der Waals surface area contributed by atoms with Crippen molar-refractivity contribution in [3.63, 3.8) is 0 Å². The van der Waals surface area contributed by atoms with E-state index in [-0.39, 0.29) is 22.4 Å². The molecule has 2 aromatic carbocycles. The van der Waals surface area contributed by atoms with Crippen molar-refractivity contribution in [1.82, 2.24) is 5.32 Å². The second kappa shape index (κ2) is 12.1. The molecule has 32 heavy (non-hydrogen) atoms. The van der Waals surface area contributed by atoms with E-state index >= 15 is 0 Å². The maximum Gasteiger partial charge on any atom is 0.264 e. The van der Waals surface area contributed by atoms with E-state index in [0.29, 0.717) is 23.9 Å². The fourth-order valence-corrected chi connectivity index (χ4v) is 5.02. The van der Waals surface area contributed by atoms with Crippen LogP contribution in [0, 0.1) is 12.8 Å². The molecule has 8 heteroatoms. The van der Waals surface area contributed by atoms with Crippen molar-refractivity contribution in [2.45, 2.75) is 51.3 Å². The van der Waals surface area contributed by atoms with E-state index < -0.39 is 10.0 Å². The van der Waals surface area contributed by atoms with Crippen LogP contribution in [-0.2, 0) is 14.8 Å². The molecule has 0 saturated heterocycles. The lowest BCUT2D eigenvalue weighted by Crippen LogP contribution is -2.42. The third-order valence-corrected chi connectivity index (χ3v) is 7.53. The molecule has 0 radical (unpaired) electrons. The van der Waals surface area contributed by atoms with E-state index in [0.717, 1.165) is 35.6 Å². The van der Waals surface area contributed by atoms with Gasteiger partial charge in [-0.15, -0.1) is 0 Å². The molecule has 0 aromatic heterocycles. The minimum absolute atomic E-state index is 0.109. The zero-order chi connectivity index (χ0) is 23.7. The molecule has 0 saturated carbocycles. The molecule has 0 aliphatic rings. The maximum absolute atomic E-state index is 13.5. The third kappa shape index (κ3) is 6.87. The molecular weight excluding hydrogens is 448 g/mol. The Kier molecular flexibility index (Phi) is 9.84. The highest BCUT2D eigenvalue weighted by Crippen LogP contribution is 2.32. The minimum atomic E-state index is -3.99. The number of nitrogens with one attached hydrogen (secondary N) is 1. The van der Waals surface area contributed by atoms with Crippen LogP contribution in [0.5, 0.6) is 5.75 Å². The summed E-state index contributed by atoms with van der Waals surface area (Å²) in [5, 5.41) is 3.17. The maximum atomic E-state index is 13.5. The first-order valence-electron chi connectivity index (χ1n) is 10.9. The van der Waals surface area contributed by atoms with Gasteiger partial charge in [0.15, 0.2) is 0 Å². The number of sulfonamides is 1. The van der Waals surface area contributed by atoms with Gasteiger partial charge in [-0.05, 0) is 49.6 Å². The van der Waals surface area contributed by atoms with Crippen molar-refractivity contribution in [3.8, 4) is 5.75 Å². The molecule has 0 heterocycles. The van der Waals surface area contributed by atoms with Crippen LogP contribution in [0.2, 0.25) is 5.02 Å². The molecule has 1 atom stereocenters. The number of carbonyl (C=O) groups excluding carboxylic acids is 1. The molecule has 0 bridgehead atoms. The fraction of sp³-hybridized carbons (Fsp3) is 0.458. The summed E-state index contributed by atoms with van der Waals surface area (Å²) in [7, 11) is -2.50. The molecule has 2 aromatic rings. The van der Waals surface area contributed by atoms with Crippen molar-refractivity contribution < 1.29 is 17.9 Å². The fourth-order valence-electron chi connectivity index (χ4n) is 3.35. The Morgan fingerprint density at radius 2 is 1.84 bits per heavy atom. The van der Waals surface area contributed by atoms with Crippen molar-refractivity contribution in [2.75, 3.05) is 24.5 Å². The van der Waals surface area contributed by atoms with E-state index in [2.05, 4.69) is 19.2 Å². The number of nitrogens with zero attached hydrogens (tertiary/aromatic N) is 1. The van der Waals surface area contributed by atoms with Crippen LogP contribution < -0.4 is 14.4 Å². The smallest absolute Gasteiger partial charge is 0.264 e. The minimum Gasteiger partial charge on any atom is -0.495 e. The molecule has 2 rings (SSSR count). The molecule has 0 spiro atoms. The highest BCUT2D eigenvalue weighted by molar-refractivity contribution is 7.92. The number of amides is 1. The van der Waals surface area contributed by atoms with Gasteiger partial charge in [-0.2, -0.15) is 0 Å². The van der Waals surface area contributed by atoms with Crippen molar-refractivity contribution >= 4 is 33.2 Å². The van der Waals surface area contributed by atoms with Gasteiger partial charge in [-0.3, -0.25) is 9.10 Å². The number of halogens is 1. The molecular formula is C24H33ClN2O4S. The number of methoxy groups -OCH3 is 1. The van der Waals surface area contributed by atoms with Gasteiger partial charge in [0.05, 0.1) is 22.7 Å². The van der Waals surface area contributed by atoms with Crippen LogP contribution >= 0.6 is 11.6 Å². The van der Waals surface area contributed by atoms with Gasteiger partial charge in [0.2, 0.25) is 5.91 Å². The first-order chi connectivity index (χ1) is 15.2. The predicted octanol–water partition coefficient (Wildman–Crippen LogP) is 5.18. The normalized spacial score (nSPS) is 12.3. The summed E-state index contributed by atoms with van der Waals surface area (Å²) >= 11 is 6.25. The van der Waals surface area contributed by atoms with Crippen molar-refractivity contribution in [3.05, 3.63) is 53.1 Å². The van der Waals surface area contributed by atoms with E-state index in [1.807, 2.05) is 6.92 Å². The van der Waals surface area contributed by atoms with Gasteiger partial charge >= 0.3 is 0 Å². The van der Waals surface area contributed by atoms with Crippen LogP contribution in [0.25, 0.3) is 0 Å². The Hall–Kier alpha value is -2.25. The average Bonchev–Trinajstić information content (AvgIpc) is 2.77. The summed E-state index contributed by atoms with van der Waals surface area (Å²) in [6.45, 7) is 6.30. The van der Waals surface area contributed by atoms with Gasteiger partial charge in [-0.25, -0.2) is 8.42 Å². The van der Waals surface area contributed by atoms with E-state index in [1.54, 1.807) is 36.4 Å². The largest absolute Gasteiger partial charge is 0.495 e. The Balaban J connectivity index is 2.31. The van der Waals surface area contributed by atoms with Crippen molar-refractivity contribution in [2.24, 2.45) is 5.92 Å². The number of unbranched alkanes of at least 4 members (excludes halogenated alkanes) is 1. The lowest BCUT2D eigenvalue weighted by molar-refractivity contribution is -0.119. The van der Waals surface area contributed by atoms with E-state index in [1.165, 1.54) is 13.2 Å². The number of ether oxygens (including phenoxy) is 1. The average molecular weight is 481 g/mol. The molecule has 0 unspecified atom stereocenters. The first-order valence-corrected chi connectivity index (χ1v) is 12.7. The number of hydrogen-bond donors (Lipinski definition) is 1. The summed E-state index contributed by atoms with van der Waals surface area (Å²) in [5.41, 5.74) is 1.24. The Labute approximate surface area is 197 Å². The summed E-state index contributed by atoms with van der Waals surface area (Å²) in [6.07, 6.45) is 4.20. The van der Waals surface area contributed by atoms with Crippen LogP contribution in [0.1, 0.15) is 45.1 Å². The van der Waals surface area contributed by atoms with Crippen molar-refractivity contribution in [1.29, 1.82) is 0 Å². The summed E-state index contributed by atoms with van der Waals surface area (Å²) in [4.78, 5) is 12.9. The summed E-state index contributed by atoms with van der Waals surface area (Å²) in [5.74, 6) is 0.438. The zero-order valence-corrected chi connectivity index (χ0v) is 20.8. The number of rotatable bonds is 12. The second-order valence-corrected chi connectivity index (χ2v) is 10.1.